The fraction of sp³-hybridized carbons (Fsp3) is 0.111. The van der Waals surface area contributed by atoms with Gasteiger partial charge in [0.25, 0.3) is 5.56 Å². The molecule has 0 spiro atoms. The quantitative estimate of drug-likeness (QED) is 0.279. The third-order valence-electron chi connectivity index (χ3n) is 2.06. The first-order valence-corrected chi connectivity index (χ1v) is 6.07. The zero-order valence-corrected chi connectivity index (χ0v) is 10.9. The molecule has 0 aliphatic carbocycles. The van der Waals surface area contributed by atoms with Crippen molar-refractivity contribution in [2.24, 2.45) is 5.84 Å². The molecular weight excluding hydrogens is 311 g/mol. The van der Waals surface area contributed by atoms with Crippen LogP contribution in [0.15, 0.2) is 27.1 Å². The summed E-state index contributed by atoms with van der Waals surface area (Å²) in [6.07, 6.45) is -4.67. The number of hydrogen-bond donors (Lipinski definition) is 4. The highest BCUT2D eigenvalue weighted by Crippen LogP contribution is 2.32. The van der Waals surface area contributed by atoms with Gasteiger partial charge in [-0.15, -0.1) is 0 Å². The van der Waals surface area contributed by atoms with Gasteiger partial charge in [-0.3, -0.25) is 10.2 Å². The maximum absolute atomic E-state index is 12.7. The Kier molecular flexibility index (Phi) is 3.99. The van der Waals surface area contributed by atoms with E-state index in [2.05, 4.69) is 19.9 Å². The third-order valence-corrected chi connectivity index (χ3v) is 2.87. The number of rotatable bonds is 3. The summed E-state index contributed by atoms with van der Waals surface area (Å²) in [5, 5.41) is -0.117. The van der Waals surface area contributed by atoms with E-state index in [1.54, 1.807) is 0 Å². The van der Waals surface area contributed by atoms with Gasteiger partial charge in [0.15, 0.2) is 10.9 Å². The van der Waals surface area contributed by atoms with Gasteiger partial charge in [0, 0.05) is 12.1 Å². The van der Waals surface area contributed by atoms with Crippen molar-refractivity contribution in [1.82, 2.24) is 19.9 Å². The lowest BCUT2D eigenvalue weighted by Gasteiger charge is -2.09. The second kappa shape index (κ2) is 5.57. The number of H-pyrrole nitrogens is 1. The fourth-order valence-corrected chi connectivity index (χ4v) is 2.09. The van der Waals surface area contributed by atoms with E-state index >= 15 is 0 Å². The summed E-state index contributed by atoms with van der Waals surface area (Å²) in [4.78, 5) is 24.2. The predicted molar refractivity (Wildman–Crippen MR) is 68.2 cm³/mol. The van der Waals surface area contributed by atoms with Gasteiger partial charge in [-0.25, -0.2) is 20.8 Å². The molecule has 0 bridgehead atoms. The minimum absolute atomic E-state index is 0.00482. The van der Waals surface area contributed by atoms with Crippen molar-refractivity contribution in [3.8, 4) is 0 Å². The highest BCUT2D eigenvalue weighted by Gasteiger charge is 2.33. The van der Waals surface area contributed by atoms with E-state index in [1.807, 2.05) is 5.43 Å². The van der Waals surface area contributed by atoms with E-state index in [4.69, 9.17) is 11.6 Å². The molecule has 8 nitrogen and oxygen atoms in total. The fourth-order valence-electron chi connectivity index (χ4n) is 1.29. The number of hydrogen-bond acceptors (Lipinski definition) is 8. The molecule has 0 amide bonds. The average Bonchev–Trinajstić information content (AvgIpc) is 2.36. The van der Waals surface area contributed by atoms with Crippen LogP contribution in [-0.4, -0.2) is 19.9 Å². The van der Waals surface area contributed by atoms with Crippen molar-refractivity contribution in [2.75, 3.05) is 11.2 Å². The maximum atomic E-state index is 12.7. The van der Waals surface area contributed by atoms with E-state index < -0.39 is 23.4 Å². The lowest BCUT2D eigenvalue weighted by Crippen LogP contribution is -2.16. The standard InChI is InChI=1S/C9H8F3N7OS/c10-9(11,12)3-1-6(18-7(15-3)19-14)21-8-16-4(13)2-5(20)17-8/h1-2H,14H2,(H,15,18,19)(H3,13,16,17,20). The second-order valence-corrected chi connectivity index (χ2v) is 4.64. The van der Waals surface area contributed by atoms with Gasteiger partial charge in [-0.05, 0) is 11.8 Å². The molecule has 0 radical (unpaired) electrons. The number of alkyl halides is 3. The lowest BCUT2D eigenvalue weighted by molar-refractivity contribution is -0.141. The highest BCUT2D eigenvalue weighted by atomic mass is 32.2. The third kappa shape index (κ3) is 3.82. The van der Waals surface area contributed by atoms with Crippen LogP contribution in [0.5, 0.6) is 0 Å². The van der Waals surface area contributed by atoms with Gasteiger partial charge in [0.05, 0.1) is 0 Å². The Hall–Kier alpha value is -2.34. The molecule has 6 N–H and O–H groups in total. The predicted octanol–water partition coefficient (Wildman–Crippen LogP) is 0.598. The van der Waals surface area contributed by atoms with Crippen LogP contribution in [-0.2, 0) is 6.18 Å². The molecule has 0 saturated heterocycles. The molecule has 21 heavy (non-hydrogen) atoms. The number of nitrogens with zero attached hydrogens (tertiary/aromatic N) is 3. The van der Waals surface area contributed by atoms with E-state index in [0.29, 0.717) is 17.8 Å². The summed E-state index contributed by atoms with van der Waals surface area (Å²) in [6, 6.07) is 1.74. The van der Waals surface area contributed by atoms with E-state index in [-0.39, 0.29) is 16.0 Å². The van der Waals surface area contributed by atoms with Crippen molar-refractivity contribution >= 4 is 23.5 Å². The van der Waals surface area contributed by atoms with E-state index in [0.717, 1.165) is 6.07 Å². The Morgan fingerprint density at radius 2 is 1.95 bits per heavy atom. The van der Waals surface area contributed by atoms with Gasteiger partial charge in [-0.2, -0.15) is 13.2 Å². The van der Waals surface area contributed by atoms with Gasteiger partial charge in [0.1, 0.15) is 10.8 Å². The first-order valence-electron chi connectivity index (χ1n) is 5.25. The molecule has 2 rings (SSSR count). The van der Waals surface area contributed by atoms with Gasteiger partial charge in [0.2, 0.25) is 5.95 Å². The molecule has 0 atom stereocenters. The lowest BCUT2D eigenvalue weighted by atomic mass is 10.4. The Balaban J connectivity index is 2.41. The monoisotopic (exact) mass is 319 g/mol. The van der Waals surface area contributed by atoms with E-state index in [1.165, 1.54) is 0 Å². The second-order valence-electron chi connectivity index (χ2n) is 3.63. The molecule has 0 saturated carbocycles. The minimum Gasteiger partial charge on any atom is -0.383 e. The SMILES string of the molecule is NNc1nc(Sc2nc(N)cc(=O)[nH]2)cc(C(F)(F)F)n1. The molecule has 2 aromatic rings. The van der Waals surface area contributed by atoms with Crippen molar-refractivity contribution in [1.29, 1.82) is 0 Å². The molecule has 12 heteroatoms. The molecule has 0 aliphatic heterocycles. The summed E-state index contributed by atoms with van der Waals surface area (Å²) >= 11 is 0.682. The van der Waals surface area contributed by atoms with Crippen LogP contribution in [0.1, 0.15) is 5.69 Å². The van der Waals surface area contributed by atoms with Gasteiger partial charge < -0.3 is 10.7 Å². The van der Waals surface area contributed by atoms with Crippen LogP contribution in [0.3, 0.4) is 0 Å². The van der Waals surface area contributed by atoms with Crippen LogP contribution < -0.4 is 22.6 Å². The molecular formula is C9H8F3N7OS. The van der Waals surface area contributed by atoms with Crippen molar-refractivity contribution in [3.05, 3.63) is 28.2 Å². The zero-order chi connectivity index (χ0) is 15.6. The number of hydrazine groups is 1. The zero-order valence-electron chi connectivity index (χ0n) is 10.1. The Bertz CT molecular complexity index is 717. The normalized spacial score (nSPS) is 11.4. The first kappa shape index (κ1) is 15.1. The van der Waals surface area contributed by atoms with Crippen molar-refractivity contribution < 1.29 is 13.2 Å². The summed E-state index contributed by atoms with van der Waals surface area (Å²) in [5.41, 5.74) is 5.60. The number of nitrogens with one attached hydrogen (secondary N) is 2. The van der Waals surface area contributed by atoms with E-state index in [9.17, 15) is 18.0 Å². The largest absolute Gasteiger partial charge is 0.433 e. The topological polar surface area (TPSA) is 136 Å². The van der Waals surface area contributed by atoms with Crippen LogP contribution in [0.4, 0.5) is 24.9 Å². The molecule has 112 valence electrons. The number of halogens is 3. The van der Waals surface area contributed by atoms with Crippen LogP contribution >= 0.6 is 11.8 Å². The van der Waals surface area contributed by atoms with Gasteiger partial charge in [-0.1, -0.05) is 0 Å². The first-order chi connectivity index (χ1) is 9.77. The van der Waals surface area contributed by atoms with Crippen LogP contribution in [0, 0.1) is 0 Å². The summed E-state index contributed by atoms with van der Waals surface area (Å²) in [6.45, 7) is 0. The molecule has 0 aromatic carbocycles. The molecule has 0 unspecified atom stereocenters. The Morgan fingerprint density at radius 3 is 2.52 bits per heavy atom. The maximum Gasteiger partial charge on any atom is 0.433 e. The highest BCUT2D eigenvalue weighted by molar-refractivity contribution is 7.99. The smallest absolute Gasteiger partial charge is 0.383 e. The van der Waals surface area contributed by atoms with Crippen LogP contribution in [0.25, 0.3) is 0 Å². The number of aromatic nitrogens is 4. The average molecular weight is 319 g/mol. The molecule has 0 aliphatic rings. The number of anilines is 2. The molecule has 2 aromatic heterocycles. The summed E-state index contributed by atoms with van der Waals surface area (Å²) < 4.78 is 38.1. The number of aromatic amines is 1. The van der Waals surface area contributed by atoms with Crippen LogP contribution in [0.2, 0.25) is 0 Å². The molecule has 2 heterocycles. The van der Waals surface area contributed by atoms with Crippen molar-refractivity contribution in [3.63, 3.8) is 0 Å². The van der Waals surface area contributed by atoms with Gasteiger partial charge >= 0.3 is 6.18 Å². The van der Waals surface area contributed by atoms with Crippen molar-refractivity contribution in [2.45, 2.75) is 16.4 Å². The minimum atomic E-state index is -4.67. The Labute approximate surface area is 119 Å². The summed E-state index contributed by atoms with van der Waals surface area (Å²) in [5.74, 6) is 4.54. The summed E-state index contributed by atoms with van der Waals surface area (Å²) in [7, 11) is 0. The molecule has 0 fully saturated rings. The number of nitrogen functional groups attached to an aromatic ring is 2. The number of nitrogens with two attached hydrogens (primary N) is 2. The Morgan fingerprint density at radius 1 is 1.24 bits per heavy atom.